The molecule has 0 saturated carbocycles. The van der Waals surface area contributed by atoms with Gasteiger partial charge in [-0.05, 0) is 59.5 Å². The van der Waals surface area contributed by atoms with E-state index in [-0.39, 0.29) is 0 Å². The van der Waals surface area contributed by atoms with Crippen LogP contribution in [-0.4, -0.2) is 10.9 Å². The fourth-order valence-corrected chi connectivity index (χ4v) is 4.04. The molecule has 3 nitrogen and oxygen atoms in total. The van der Waals surface area contributed by atoms with Crippen molar-refractivity contribution in [1.29, 1.82) is 0 Å². The smallest absolute Gasteiger partial charge is 0.127 e. The quantitative estimate of drug-likeness (QED) is 0.201. The summed E-state index contributed by atoms with van der Waals surface area (Å²) >= 11 is 0. The number of aryl methyl sites for hydroxylation is 1. The number of rotatable bonds is 10. The number of para-hydroxylation sites is 1. The molecule has 1 aromatic heterocycles. The van der Waals surface area contributed by atoms with Gasteiger partial charge in [-0.2, -0.15) is 0 Å². The fraction of sp³-hybridized carbons (Fsp3) is 0.250. The SMILES string of the molecule is CCCCCCn1cc(CC=O)c2cc(-c3ccc(Oc4ccccc4)cc3)ccc21. The van der Waals surface area contributed by atoms with Gasteiger partial charge in [0.2, 0.25) is 0 Å². The van der Waals surface area contributed by atoms with E-state index in [4.69, 9.17) is 4.74 Å². The highest BCUT2D eigenvalue weighted by atomic mass is 16.5. The number of carbonyl (C=O) groups excluding carboxylic acids is 1. The minimum atomic E-state index is 0.450. The Kier molecular flexibility index (Phi) is 6.83. The molecule has 0 spiro atoms. The largest absolute Gasteiger partial charge is 0.457 e. The summed E-state index contributed by atoms with van der Waals surface area (Å²) < 4.78 is 8.22. The number of nitrogens with zero attached hydrogens (tertiary/aromatic N) is 1. The van der Waals surface area contributed by atoms with Gasteiger partial charge in [-0.25, -0.2) is 0 Å². The van der Waals surface area contributed by atoms with Crippen LogP contribution in [0, 0.1) is 0 Å². The standard InChI is InChI=1S/C28H29NO2/c1-2-3-4-8-18-29-21-24(17-19-30)27-20-23(13-16-28(27)29)22-11-14-26(15-12-22)31-25-9-6-5-7-10-25/h5-7,9-16,19-21H,2-4,8,17-18H2,1H3. The lowest BCUT2D eigenvalue weighted by molar-refractivity contribution is -0.107. The molecule has 3 heteroatoms. The van der Waals surface area contributed by atoms with Crippen LogP contribution in [0.1, 0.15) is 38.2 Å². The molecule has 3 aromatic carbocycles. The number of aldehydes is 1. The maximum Gasteiger partial charge on any atom is 0.127 e. The van der Waals surface area contributed by atoms with Gasteiger partial charge in [0, 0.05) is 30.1 Å². The minimum absolute atomic E-state index is 0.450. The van der Waals surface area contributed by atoms with Crippen molar-refractivity contribution in [2.45, 2.75) is 45.6 Å². The second kappa shape index (κ2) is 10.1. The van der Waals surface area contributed by atoms with Crippen LogP contribution in [0.15, 0.2) is 79.0 Å². The van der Waals surface area contributed by atoms with Gasteiger partial charge in [0.1, 0.15) is 17.8 Å². The first-order valence-electron chi connectivity index (χ1n) is 11.2. The van der Waals surface area contributed by atoms with E-state index in [9.17, 15) is 4.79 Å². The summed E-state index contributed by atoms with van der Waals surface area (Å²) in [4.78, 5) is 11.2. The average molecular weight is 412 g/mol. The molecule has 0 N–H and O–H groups in total. The Balaban J connectivity index is 1.57. The molecule has 0 aliphatic carbocycles. The third kappa shape index (κ3) is 5.05. The van der Waals surface area contributed by atoms with Gasteiger partial charge in [0.05, 0.1) is 0 Å². The van der Waals surface area contributed by atoms with Crippen molar-refractivity contribution < 1.29 is 9.53 Å². The minimum Gasteiger partial charge on any atom is -0.457 e. The molecule has 0 radical (unpaired) electrons. The van der Waals surface area contributed by atoms with Crippen molar-refractivity contribution in [3.05, 3.63) is 84.6 Å². The first-order valence-corrected chi connectivity index (χ1v) is 11.2. The summed E-state index contributed by atoms with van der Waals surface area (Å²) in [7, 11) is 0. The van der Waals surface area contributed by atoms with E-state index in [1.807, 2.05) is 42.5 Å². The Morgan fingerprint density at radius 3 is 2.32 bits per heavy atom. The first-order chi connectivity index (χ1) is 15.3. The molecule has 0 atom stereocenters. The summed E-state index contributed by atoms with van der Waals surface area (Å²) in [5.41, 5.74) is 4.59. The number of benzene rings is 3. The second-order valence-corrected chi connectivity index (χ2v) is 7.95. The summed E-state index contributed by atoms with van der Waals surface area (Å²) in [5.74, 6) is 1.64. The van der Waals surface area contributed by atoms with Gasteiger partial charge in [0.25, 0.3) is 0 Å². The van der Waals surface area contributed by atoms with Crippen LogP contribution in [-0.2, 0) is 17.8 Å². The van der Waals surface area contributed by atoms with Gasteiger partial charge in [-0.1, -0.05) is 62.6 Å². The maximum absolute atomic E-state index is 11.2. The molecule has 0 aliphatic rings. The summed E-state index contributed by atoms with van der Waals surface area (Å²) in [6.45, 7) is 3.23. The Morgan fingerprint density at radius 2 is 1.58 bits per heavy atom. The van der Waals surface area contributed by atoms with Crippen molar-refractivity contribution in [3.63, 3.8) is 0 Å². The number of unbranched alkanes of at least 4 members (excludes halogenated alkanes) is 3. The number of ether oxygens (including phenoxy) is 1. The number of hydrogen-bond acceptors (Lipinski definition) is 2. The van der Waals surface area contributed by atoms with E-state index in [2.05, 4.69) is 48.0 Å². The molecule has 31 heavy (non-hydrogen) atoms. The molecule has 0 bridgehead atoms. The van der Waals surface area contributed by atoms with Crippen LogP contribution in [0.3, 0.4) is 0 Å². The van der Waals surface area contributed by atoms with Crippen molar-refractivity contribution >= 4 is 17.2 Å². The van der Waals surface area contributed by atoms with Crippen molar-refractivity contribution in [2.75, 3.05) is 0 Å². The highest BCUT2D eigenvalue weighted by Gasteiger charge is 2.10. The molecule has 4 rings (SSSR count). The Bertz CT molecular complexity index is 1130. The Hall–Kier alpha value is -3.33. The highest BCUT2D eigenvalue weighted by molar-refractivity contribution is 5.90. The molecule has 0 unspecified atom stereocenters. The number of hydrogen-bond donors (Lipinski definition) is 0. The van der Waals surface area contributed by atoms with Crippen LogP contribution >= 0.6 is 0 Å². The van der Waals surface area contributed by atoms with Crippen LogP contribution < -0.4 is 4.74 Å². The zero-order valence-electron chi connectivity index (χ0n) is 18.1. The predicted octanol–water partition coefficient (Wildman–Crippen LogP) is 7.42. The molecule has 1 heterocycles. The predicted molar refractivity (Wildman–Crippen MR) is 128 cm³/mol. The van der Waals surface area contributed by atoms with Crippen LogP contribution in [0.2, 0.25) is 0 Å². The van der Waals surface area contributed by atoms with E-state index in [1.54, 1.807) is 0 Å². The Morgan fingerprint density at radius 1 is 0.839 bits per heavy atom. The maximum atomic E-state index is 11.2. The van der Waals surface area contributed by atoms with Crippen molar-refractivity contribution in [2.24, 2.45) is 0 Å². The number of fused-ring (bicyclic) bond motifs is 1. The van der Waals surface area contributed by atoms with E-state index in [1.165, 1.54) is 36.6 Å². The van der Waals surface area contributed by atoms with Crippen LogP contribution in [0.4, 0.5) is 0 Å². The van der Waals surface area contributed by atoms with Crippen molar-refractivity contribution in [3.8, 4) is 22.6 Å². The van der Waals surface area contributed by atoms with Gasteiger partial charge in [-0.3, -0.25) is 0 Å². The van der Waals surface area contributed by atoms with Gasteiger partial charge in [-0.15, -0.1) is 0 Å². The Labute approximate surface area is 184 Å². The molecule has 0 fully saturated rings. The zero-order valence-corrected chi connectivity index (χ0v) is 18.1. The fourth-order valence-electron chi connectivity index (χ4n) is 4.04. The monoisotopic (exact) mass is 411 g/mol. The van der Waals surface area contributed by atoms with Gasteiger partial charge in [0.15, 0.2) is 0 Å². The lowest BCUT2D eigenvalue weighted by atomic mass is 10.0. The molecule has 0 aliphatic heterocycles. The number of carbonyl (C=O) groups is 1. The topological polar surface area (TPSA) is 31.2 Å². The molecule has 4 aromatic rings. The second-order valence-electron chi connectivity index (χ2n) is 7.95. The van der Waals surface area contributed by atoms with Gasteiger partial charge < -0.3 is 14.1 Å². The summed E-state index contributed by atoms with van der Waals surface area (Å²) in [6.07, 6.45) is 8.53. The van der Waals surface area contributed by atoms with Gasteiger partial charge >= 0.3 is 0 Å². The average Bonchev–Trinajstić information content (AvgIpc) is 3.15. The molecule has 158 valence electrons. The summed E-state index contributed by atoms with van der Waals surface area (Å²) in [5, 5.41) is 1.17. The van der Waals surface area contributed by atoms with E-state index < -0.39 is 0 Å². The molecular formula is C28H29NO2. The normalized spacial score (nSPS) is 11.0. The molecule has 0 amide bonds. The van der Waals surface area contributed by atoms with E-state index in [0.29, 0.717) is 6.42 Å². The molecule has 0 saturated heterocycles. The van der Waals surface area contributed by atoms with Crippen LogP contribution in [0.25, 0.3) is 22.0 Å². The lowest BCUT2D eigenvalue weighted by Gasteiger charge is -2.08. The first kappa shape index (κ1) is 20.9. The van der Waals surface area contributed by atoms with Crippen LogP contribution in [0.5, 0.6) is 11.5 Å². The lowest BCUT2D eigenvalue weighted by Crippen LogP contribution is -1.96. The van der Waals surface area contributed by atoms with E-state index >= 15 is 0 Å². The zero-order chi connectivity index (χ0) is 21.5. The third-order valence-corrected chi connectivity index (χ3v) is 5.69. The highest BCUT2D eigenvalue weighted by Crippen LogP contribution is 2.30. The summed E-state index contributed by atoms with van der Waals surface area (Å²) in [6, 6.07) is 24.5. The third-order valence-electron chi connectivity index (χ3n) is 5.69. The number of aromatic nitrogens is 1. The van der Waals surface area contributed by atoms with E-state index in [0.717, 1.165) is 41.0 Å². The molecular weight excluding hydrogens is 382 g/mol. The van der Waals surface area contributed by atoms with Crippen molar-refractivity contribution in [1.82, 2.24) is 4.57 Å².